The van der Waals surface area contributed by atoms with Crippen LogP contribution in [0, 0.1) is 5.92 Å². The molecule has 0 amide bonds. The number of allylic oxidation sites excluding steroid dienone is 2. The average molecular weight is 238 g/mol. The van der Waals surface area contributed by atoms with Crippen LogP contribution in [0.15, 0.2) is 41.5 Å². The average Bonchev–Trinajstić information content (AvgIpc) is 2.17. The van der Waals surface area contributed by atoms with Crippen molar-refractivity contribution in [3.05, 3.63) is 41.5 Å². The third-order valence-electron chi connectivity index (χ3n) is 3.17. The van der Waals surface area contributed by atoms with Crippen molar-refractivity contribution in [3.63, 3.8) is 0 Å². The first-order chi connectivity index (χ1) is 7.44. The molecule has 0 fully saturated rings. The van der Waals surface area contributed by atoms with E-state index in [1.54, 1.807) is 6.08 Å². The summed E-state index contributed by atoms with van der Waals surface area (Å²) >= 11 is 0. The van der Waals surface area contributed by atoms with Crippen LogP contribution in [0.4, 0.5) is 0 Å². The molecule has 0 unspecified atom stereocenters. The summed E-state index contributed by atoms with van der Waals surface area (Å²) in [6.45, 7) is 10.9. The molecule has 2 atom stereocenters. The Morgan fingerprint density at radius 1 is 1.50 bits per heavy atom. The second kappa shape index (κ2) is 4.86. The Labute approximate surface area is 98.0 Å². The molecule has 2 nitrogen and oxygen atoms in total. The molecule has 0 aliphatic heterocycles. The van der Waals surface area contributed by atoms with Gasteiger partial charge in [0.1, 0.15) is 0 Å². The van der Waals surface area contributed by atoms with E-state index in [-0.39, 0.29) is 5.92 Å². The summed E-state index contributed by atoms with van der Waals surface area (Å²) in [5, 5.41) is 0.646. The van der Waals surface area contributed by atoms with E-state index in [0.29, 0.717) is 0 Å². The first-order valence-corrected chi connectivity index (χ1v) is 6.96. The van der Waals surface area contributed by atoms with Crippen LogP contribution < -0.4 is 0 Å². The zero-order chi connectivity index (χ0) is 12.3. The van der Waals surface area contributed by atoms with Crippen molar-refractivity contribution in [2.45, 2.75) is 31.9 Å². The molecule has 0 bridgehead atoms. The third-order valence-corrected chi connectivity index (χ3v) is 5.19. The Balaban J connectivity index is 3.30. The maximum absolute atomic E-state index is 12.0. The molecule has 0 N–H and O–H groups in total. The number of hydrogen-bond donors (Lipinski definition) is 0. The molecule has 0 radical (unpaired) electrons. The van der Waals surface area contributed by atoms with Gasteiger partial charge in [-0.05, 0) is 31.3 Å². The van der Waals surface area contributed by atoms with Crippen LogP contribution in [0.3, 0.4) is 0 Å². The van der Waals surface area contributed by atoms with Crippen molar-refractivity contribution in [2.24, 2.45) is 5.92 Å². The number of rotatable bonds is 3. The summed E-state index contributed by atoms with van der Waals surface area (Å²) in [5.41, 5.74) is 4.34. The van der Waals surface area contributed by atoms with E-state index in [1.807, 2.05) is 13.8 Å². The lowest BCUT2D eigenvalue weighted by molar-refractivity contribution is 0.485. The highest BCUT2D eigenvalue weighted by Crippen LogP contribution is 2.34. The molecular weight excluding hydrogens is 220 g/mol. The van der Waals surface area contributed by atoms with E-state index in [0.717, 1.165) is 29.4 Å². The van der Waals surface area contributed by atoms with Gasteiger partial charge in [-0.3, -0.25) is 0 Å². The highest BCUT2D eigenvalue weighted by Gasteiger charge is 2.34. The third kappa shape index (κ3) is 2.37. The molecule has 0 heterocycles. The lowest BCUT2D eigenvalue weighted by Crippen LogP contribution is -2.31. The van der Waals surface area contributed by atoms with Crippen LogP contribution in [-0.2, 0) is 9.84 Å². The van der Waals surface area contributed by atoms with Gasteiger partial charge in [0, 0.05) is 0 Å². The van der Waals surface area contributed by atoms with Gasteiger partial charge in [0.05, 0.1) is 10.7 Å². The molecule has 0 aromatic heterocycles. The zero-order valence-electron chi connectivity index (χ0n) is 9.86. The quantitative estimate of drug-likeness (QED) is 0.708. The largest absolute Gasteiger partial charge is 0.223 e. The molecule has 0 aromatic carbocycles. The van der Waals surface area contributed by atoms with Crippen molar-refractivity contribution in [2.75, 3.05) is 0 Å². The molecule has 0 spiro atoms. The summed E-state index contributed by atoms with van der Waals surface area (Å²) in [6, 6.07) is 0. The summed E-state index contributed by atoms with van der Waals surface area (Å²) in [7, 11) is -3.28. The van der Waals surface area contributed by atoms with Gasteiger partial charge in [0.15, 0.2) is 9.84 Å². The van der Waals surface area contributed by atoms with Crippen molar-refractivity contribution in [1.82, 2.24) is 0 Å². The minimum atomic E-state index is -3.28. The molecule has 0 saturated heterocycles. The second-order valence-corrected chi connectivity index (χ2v) is 6.18. The van der Waals surface area contributed by atoms with Gasteiger partial charge in [-0.15, -0.1) is 5.73 Å². The lowest BCUT2D eigenvalue weighted by Gasteiger charge is -2.29. The van der Waals surface area contributed by atoms with E-state index >= 15 is 0 Å². The first kappa shape index (κ1) is 13.0. The Hall–Kier alpha value is -1.05. The predicted molar refractivity (Wildman–Crippen MR) is 67.7 cm³/mol. The van der Waals surface area contributed by atoms with Gasteiger partial charge < -0.3 is 0 Å². The topological polar surface area (TPSA) is 34.1 Å². The van der Waals surface area contributed by atoms with Crippen molar-refractivity contribution < 1.29 is 8.42 Å². The maximum atomic E-state index is 12.0. The normalized spacial score (nSPS) is 26.1. The second-order valence-electron chi connectivity index (χ2n) is 4.26. The fraction of sp³-hybridized carbons (Fsp3) is 0.462. The fourth-order valence-corrected chi connectivity index (χ4v) is 4.17. The van der Waals surface area contributed by atoms with E-state index in [9.17, 15) is 8.42 Å². The van der Waals surface area contributed by atoms with Crippen LogP contribution in [0.2, 0.25) is 0 Å². The smallest absolute Gasteiger partial charge is 0.185 e. The van der Waals surface area contributed by atoms with Gasteiger partial charge in [0.2, 0.25) is 0 Å². The number of hydrogen-bond acceptors (Lipinski definition) is 2. The molecule has 16 heavy (non-hydrogen) atoms. The molecule has 88 valence electrons. The molecule has 3 heteroatoms. The van der Waals surface area contributed by atoms with Crippen molar-refractivity contribution in [3.8, 4) is 0 Å². The molecule has 0 aromatic rings. The summed E-state index contributed by atoms with van der Waals surface area (Å²) in [5.74, 6) is 0.137. The number of sulfone groups is 1. The monoisotopic (exact) mass is 238 g/mol. The Bertz CT molecular complexity index is 462. The van der Waals surface area contributed by atoms with E-state index in [1.165, 1.54) is 0 Å². The Morgan fingerprint density at radius 2 is 2.12 bits per heavy atom. The maximum Gasteiger partial charge on any atom is 0.185 e. The fourth-order valence-electron chi connectivity index (χ4n) is 2.36. The molecule has 1 aliphatic rings. The van der Waals surface area contributed by atoms with Crippen molar-refractivity contribution >= 4 is 9.84 Å². The van der Waals surface area contributed by atoms with E-state index < -0.39 is 15.1 Å². The van der Waals surface area contributed by atoms with Gasteiger partial charge in [-0.1, -0.05) is 31.7 Å². The van der Waals surface area contributed by atoms with Gasteiger partial charge in [-0.25, -0.2) is 8.42 Å². The lowest BCUT2D eigenvalue weighted by atomic mass is 9.85. The molecule has 0 saturated carbocycles. The zero-order valence-corrected chi connectivity index (χ0v) is 10.7. The highest BCUT2D eigenvalue weighted by atomic mass is 32.2. The minimum Gasteiger partial charge on any atom is -0.223 e. The Morgan fingerprint density at radius 3 is 2.62 bits per heavy atom. The Kier molecular flexibility index (Phi) is 3.95. The van der Waals surface area contributed by atoms with Crippen LogP contribution in [0.25, 0.3) is 0 Å². The predicted octanol–water partition coefficient (Wildman–Crippen LogP) is 3.00. The molecular formula is C13H18O2S. The standard InChI is InChI=1S/C13H18O2S/c1-5-9-16(14,15)13-10(3)7-8-12(6-2)11(13)4/h6,9-10,13H,1-2,7-8H2,3-4H3/t10-,13-/m1/s1. The van der Waals surface area contributed by atoms with Crippen molar-refractivity contribution in [1.29, 1.82) is 0 Å². The summed E-state index contributed by atoms with van der Waals surface area (Å²) in [4.78, 5) is 0. The summed E-state index contributed by atoms with van der Waals surface area (Å²) < 4.78 is 24.1. The van der Waals surface area contributed by atoms with Gasteiger partial charge in [0.25, 0.3) is 0 Å². The minimum absolute atomic E-state index is 0.137. The van der Waals surface area contributed by atoms with E-state index in [4.69, 9.17) is 0 Å². The summed E-state index contributed by atoms with van der Waals surface area (Å²) in [6.07, 6.45) is 3.56. The van der Waals surface area contributed by atoms with Crippen LogP contribution in [-0.4, -0.2) is 13.7 Å². The van der Waals surface area contributed by atoms with Crippen LogP contribution in [0.1, 0.15) is 26.7 Å². The van der Waals surface area contributed by atoms with Gasteiger partial charge in [-0.2, -0.15) is 0 Å². The van der Waals surface area contributed by atoms with Crippen LogP contribution in [0.5, 0.6) is 0 Å². The van der Waals surface area contributed by atoms with E-state index in [2.05, 4.69) is 18.9 Å². The molecule has 1 rings (SSSR count). The van der Waals surface area contributed by atoms with Gasteiger partial charge >= 0.3 is 0 Å². The highest BCUT2D eigenvalue weighted by molar-refractivity contribution is 7.95. The first-order valence-electron chi connectivity index (χ1n) is 5.36. The molecule has 1 aliphatic carbocycles. The SMILES string of the molecule is C=C=CS(=O)(=O)[C@H]1C(C)=C(C=C)CC[C@H]1C. The van der Waals surface area contributed by atoms with Crippen LogP contribution >= 0.6 is 0 Å².